The molecule has 0 saturated heterocycles. The lowest BCUT2D eigenvalue weighted by Crippen LogP contribution is -2.30. The first kappa shape index (κ1) is 13.8. The molecule has 0 radical (unpaired) electrons. The van der Waals surface area contributed by atoms with E-state index in [1.807, 2.05) is 26.2 Å². The summed E-state index contributed by atoms with van der Waals surface area (Å²) in [5.74, 6) is -0.319. The van der Waals surface area contributed by atoms with Gasteiger partial charge in [0, 0.05) is 19.6 Å². The lowest BCUT2D eigenvalue weighted by molar-refractivity contribution is 0.290. The summed E-state index contributed by atoms with van der Waals surface area (Å²) in [5, 5.41) is 3.35. The van der Waals surface area contributed by atoms with Crippen LogP contribution in [0.2, 0.25) is 0 Å². The van der Waals surface area contributed by atoms with Crippen molar-refractivity contribution in [2.75, 3.05) is 27.2 Å². The molecule has 1 atom stereocenters. The summed E-state index contributed by atoms with van der Waals surface area (Å²) in [4.78, 5) is 13.7. The van der Waals surface area contributed by atoms with Crippen LogP contribution in [0.25, 0.3) is 11.1 Å². The number of aromatic nitrogens is 1. The maximum absolute atomic E-state index is 11.5. The topological polar surface area (TPSA) is 50.4 Å². The molecule has 1 aromatic heterocycles. The largest absolute Gasteiger partial charge is 0.419 e. The smallest absolute Gasteiger partial charge is 0.408 e. The minimum atomic E-state index is -0.319. The quantitative estimate of drug-likeness (QED) is 0.884. The van der Waals surface area contributed by atoms with Crippen LogP contribution in [0.4, 0.5) is 0 Å². The third-order valence-corrected chi connectivity index (χ3v) is 3.41. The van der Waals surface area contributed by atoms with Crippen molar-refractivity contribution in [1.29, 1.82) is 0 Å². The molecule has 0 fully saturated rings. The molecule has 1 N–H and O–H groups in total. The molecule has 19 heavy (non-hydrogen) atoms. The van der Waals surface area contributed by atoms with E-state index in [0.717, 1.165) is 24.2 Å². The van der Waals surface area contributed by atoms with Crippen molar-refractivity contribution in [2.24, 2.45) is 7.05 Å². The monoisotopic (exact) mass is 263 g/mol. The van der Waals surface area contributed by atoms with Crippen LogP contribution < -0.4 is 11.1 Å². The highest BCUT2D eigenvalue weighted by Gasteiger charge is 2.15. The number of aryl methyl sites for hydroxylation is 1. The van der Waals surface area contributed by atoms with E-state index in [4.69, 9.17) is 4.42 Å². The zero-order chi connectivity index (χ0) is 14.0. The van der Waals surface area contributed by atoms with Crippen molar-refractivity contribution >= 4 is 11.1 Å². The molecular weight excluding hydrogens is 242 g/mol. The summed E-state index contributed by atoms with van der Waals surface area (Å²) in [6, 6.07) is 6.21. The maximum atomic E-state index is 11.5. The second kappa shape index (κ2) is 5.59. The van der Waals surface area contributed by atoms with Crippen molar-refractivity contribution in [3.8, 4) is 0 Å². The molecule has 0 bridgehead atoms. The fraction of sp³-hybridized carbons (Fsp3) is 0.500. The number of likely N-dealkylation sites (N-methyl/N-ethyl adjacent to an activating group) is 2. The Balaban J connectivity index is 2.40. The molecule has 2 rings (SSSR count). The SMILES string of the molecule is CCNCC(c1ccc2c(c1)oc(=O)n2C)N(C)C. The van der Waals surface area contributed by atoms with Crippen LogP contribution in [0, 0.1) is 0 Å². The Kier molecular flexibility index (Phi) is 4.07. The maximum Gasteiger partial charge on any atom is 0.419 e. The summed E-state index contributed by atoms with van der Waals surface area (Å²) in [6.07, 6.45) is 0. The van der Waals surface area contributed by atoms with Crippen LogP contribution in [-0.4, -0.2) is 36.7 Å². The van der Waals surface area contributed by atoms with E-state index in [0.29, 0.717) is 5.58 Å². The first-order valence-corrected chi connectivity index (χ1v) is 6.51. The van der Waals surface area contributed by atoms with E-state index in [-0.39, 0.29) is 11.8 Å². The number of rotatable bonds is 5. The molecule has 1 aromatic carbocycles. The molecule has 0 aliphatic rings. The van der Waals surface area contributed by atoms with Gasteiger partial charge in [0.1, 0.15) is 0 Å². The molecular formula is C14H21N3O2. The minimum Gasteiger partial charge on any atom is -0.408 e. The molecule has 104 valence electrons. The van der Waals surface area contributed by atoms with Crippen molar-refractivity contribution in [1.82, 2.24) is 14.8 Å². The van der Waals surface area contributed by atoms with Gasteiger partial charge in [-0.1, -0.05) is 13.0 Å². The van der Waals surface area contributed by atoms with Crippen LogP contribution in [0.1, 0.15) is 18.5 Å². The molecule has 5 nitrogen and oxygen atoms in total. The van der Waals surface area contributed by atoms with Crippen LogP contribution in [-0.2, 0) is 7.05 Å². The zero-order valence-corrected chi connectivity index (χ0v) is 11.9. The Morgan fingerprint density at radius 1 is 1.42 bits per heavy atom. The summed E-state index contributed by atoms with van der Waals surface area (Å²) < 4.78 is 6.76. The number of nitrogens with one attached hydrogen (secondary N) is 1. The van der Waals surface area contributed by atoms with Gasteiger partial charge in [0.25, 0.3) is 0 Å². The Hall–Kier alpha value is -1.59. The predicted octanol–water partition coefficient (Wildman–Crippen LogP) is 1.34. The van der Waals surface area contributed by atoms with Gasteiger partial charge in [-0.3, -0.25) is 4.57 Å². The molecule has 5 heteroatoms. The normalized spacial score (nSPS) is 13.3. The molecule has 0 amide bonds. The van der Waals surface area contributed by atoms with E-state index >= 15 is 0 Å². The number of fused-ring (bicyclic) bond motifs is 1. The standard InChI is InChI=1S/C14H21N3O2/c1-5-15-9-12(16(2)3)10-6-7-11-13(8-10)19-14(18)17(11)4/h6-8,12,15H,5,9H2,1-4H3. The first-order chi connectivity index (χ1) is 9.04. The Morgan fingerprint density at radius 2 is 2.16 bits per heavy atom. The highest BCUT2D eigenvalue weighted by molar-refractivity contribution is 5.73. The van der Waals surface area contributed by atoms with E-state index in [1.54, 1.807) is 7.05 Å². The molecule has 1 unspecified atom stereocenters. The van der Waals surface area contributed by atoms with Crippen molar-refractivity contribution in [3.05, 3.63) is 34.3 Å². The molecule has 1 heterocycles. The van der Waals surface area contributed by atoms with Gasteiger partial charge in [0.05, 0.1) is 5.52 Å². The van der Waals surface area contributed by atoms with Crippen molar-refractivity contribution in [2.45, 2.75) is 13.0 Å². The minimum absolute atomic E-state index is 0.259. The van der Waals surface area contributed by atoms with Gasteiger partial charge < -0.3 is 14.6 Å². The molecule has 2 aromatic rings. The summed E-state index contributed by atoms with van der Waals surface area (Å²) >= 11 is 0. The molecule has 0 saturated carbocycles. The average molecular weight is 263 g/mol. The lowest BCUT2D eigenvalue weighted by atomic mass is 10.1. The number of hydrogen-bond acceptors (Lipinski definition) is 4. The van der Waals surface area contributed by atoms with E-state index < -0.39 is 0 Å². The summed E-state index contributed by atoms with van der Waals surface area (Å²) in [5.41, 5.74) is 2.62. The first-order valence-electron chi connectivity index (χ1n) is 6.51. The van der Waals surface area contributed by atoms with Crippen LogP contribution >= 0.6 is 0 Å². The third-order valence-electron chi connectivity index (χ3n) is 3.41. The van der Waals surface area contributed by atoms with Crippen molar-refractivity contribution in [3.63, 3.8) is 0 Å². The molecule has 0 aliphatic carbocycles. The fourth-order valence-corrected chi connectivity index (χ4v) is 2.24. The highest BCUT2D eigenvalue weighted by atomic mass is 16.4. The van der Waals surface area contributed by atoms with Gasteiger partial charge in [0.15, 0.2) is 5.58 Å². The van der Waals surface area contributed by atoms with Gasteiger partial charge in [-0.25, -0.2) is 4.79 Å². The second-order valence-corrected chi connectivity index (χ2v) is 4.94. The van der Waals surface area contributed by atoms with E-state index in [1.165, 1.54) is 4.57 Å². The van der Waals surface area contributed by atoms with Gasteiger partial charge >= 0.3 is 5.76 Å². The average Bonchev–Trinajstić information content (AvgIpc) is 2.65. The zero-order valence-electron chi connectivity index (χ0n) is 11.9. The van der Waals surface area contributed by atoms with E-state index in [9.17, 15) is 4.79 Å². The van der Waals surface area contributed by atoms with Gasteiger partial charge in [-0.2, -0.15) is 0 Å². The number of nitrogens with zero attached hydrogens (tertiary/aromatic N) is 2. The van der Waals surface area contributed by atoms with Crippen LogP contribution in [0.15, 0.2) is 27.4 Å². The van der Waals surface area contributed by atoms with Crippen LogP contribution in [0.3, 0.4) is 0 Å². The Morgan fingerprint density at radius 3 is 2.79 bits per heavy atom. The molecule has 0 aliphatic heterocycles. The third kappa shape index (κ3) is 2.72. The van der Waals surface area contributed by atoms with Gasteiger partial charge in [-0.15, -0.1) is 0 Å². The second-order valence-electron chi connectivity index (χ2n) is 4.94. The fourth-order valence-electron chi connectivity index (χ4n) is 2.24. The number of hydrogen-bond donors (Lipinski definition) is 1. The molecule has 0 spiro atoms. The van der Waals surface area contributed by atoms with Crippen LogP contribution in [0.5, 0.6) is 0 Å². The number of benzene rings is 1. The Bertz CT molecular complexity index is 613. The van der Waals surface area contributed by atoms with E-state index in [2.05, 4.69) is 23.2 Å². The van der Waals surface area contributed by atoms with Gasteiger partial charge in [0.2, 0.25) is 0 Å². The van der Waals surface area contributed by atoms with Gasteiger partial charge in [-0.05, 0) is 38.3 Å². The summed E-state index contributed by atoms with van der Waals surface area (Å²) in [7, 11) is 5.82. The van der Waals surface area contributed by atoms with Crippen molar-refractivity contribution < 1.29 is 4.42 Å². The lowest BCUT2D eigenvalue weighted by Gasteiger charge is -2.24. The highest BCUT2D eigenvalue weighted by Crippen LogP contribution is 2.22. The Labute approximate surface area is 112 Å². The summed E-state index contributed by atoms with van der Waals surface area (Å²) in [6.45, 7) is 3.89. The number of oxazole rings is 1. The predicted molar refractivity (Wildman–Crippen MR) is 76.4 cm³/mol.